The van der Waals surface area contributed by atoms with E-state index in [-0.39, 0.29) is 0 Å². The summed E-state index contributed by atoms with van der Waals surface area (Å²) in [5.74, 6) is 0. The summed E-state index contributed by atoms with van der Waals surface area (Å²) in [6, 6.07) is 12.3. The average molecular weight is 250 g/mol. The van der Waals surface area contributed by atoms with Crippen molar-refractivity contribution in [3.8, 4) is 0 Å². The molecule has 96 valence electrons. The predicted octanol–water partition coefficient (Wildman–Crippen LogP) is 2.26. The zero-order chi connectivity index (χ0) is 12.9. The van der Waals surface area contributed by atoms with Crippen molar-refractivity contribution in [2.75, 3.05) is 27.2 Å². The Bertz CT molecular complexity index is 322. The molecule has 0 aliphatic heterocycles. The third kappa shape index (κ3) is 2.62. The van der Waals surface area contributed by atoms with E-state index in [1.807, 2.05) is 0 Å². The lowest BCUT2D eigenvalue weighted by molar-refractivity contribution is 0.407. The Hall–Kier alpha value is -0.643. The lowest BCUT2D eigenvalue weighted by atomic mass is 10.4. The quantitative estimate of drug-likeness (QED) is 0.715. The zero-order valence-corrected chi connectivity index (χ0v) is 12.9. The van der Waals surface area contributed by atoms with Crippen molar-refractivity contribution in [1.29, 1.82) is 0 Å². The Morgan fingerprint density at radius 2 is 1.47 bits per heavy atom. The molecule has 0 saturated heterocycles. The highest BCUT2D eigenvalue weighted by Gasteiger charge is 2.41. The number of rotatable bonds is 6. The van der Waals surface area contributed by atoms with Crippen molar-refractivity contribution in [2.45, 2.75) is 26.8 Å². The molecule has 0 radical (unpaired) electrons. The highest BCUT2D eigenvalue weighted by Crippen LogP contribution is 2.18. The molecule has 0 spiro atoms. The fourth-order valence-electron chi connectivity index (χ4n) is 2.92. The van der Waals surface area contributed by atoms with E-state index >= 15 is 0 Å². The fraction of sp³-hybridized carbons (Fsp3) is 0.571. The van der Waals surface area contributed by atoms with Crippen LogP contribution < -0.4 is 5.19 Å². The summed E-state index contributed by atoms with van der Waals surface area (Å²) in [5.41, 5.74) is 0. The third-order valence-corrected chi connectivity index (χ3v) is 9.16. The molecule has 0 N–H and O–H groups in total. The van der Waals surface area contributed by atoms with E-state index in [0.717, 1.165) is 13.1 Å². The van der Waals surface area contributed by atoms with Crippen LogP contribution in [0.1, 0.15) is 20.8 Å². The summed E-state index contributed by atoms with van der Waals surface area (Å²) < 4.78 is 5.15. The van der Waals surface area contributed by atoms with Crippen molar-refractivity contribution in [3.05, 3.63) is 30.3 Å². The standard InChI is InChI=1S/C14H26N2Si/c1-6-16(7-2)17(8-3,15(4)5)14-12-10-9-11-13-14/h9-13H,6-8H2,1-5H3. The molecule has 0 bridgehead atoms. The molecular weight excluding hydrogens is 224 g/mol. The Labute approximate surface area is 107 Å². The lowest BCUT2D eigenvalue weighted by Crippen LogP contribution is -2.70. The lowest BCUT2D eigenvalue weighted by Gasteiger charge is -2.45. The second-order valence-corrected chi connectivity index (χ2v) is 9.05. The van der Waals surface area contributed by atoms with Gasteiger partial charge in [0.05, 0.1) is 0 Å². The minimum absolute atomic E-state index is 1.13. The normalized spacial score (nSPS) is 15.2. The average Bonchev–Trinajstić information content (AvgIpc) is 2.36. The summed E-state index contributed by atoms with van der Waals surface area (Å²) in [6.07, 6.45) is 0. The van der Waals surface area contributed by atoms with Crippen LogP contribution in [-0.2, 0) is 0 Å². The van der Waals surface area contributed by atoms with E-state index in [1.54, 1.807) is 0 Å². The van der Waals surface area contributed by atoms with Crippen molar-refractivity contribution < 1.29 is 0 Å². The maximum atomic E-state index is 2.67. The van der Waals surface area contributed by atoms with E-state index < -0.39 is 8.40 Å². The highest BCUT2D eigenvalue weighted by atomic mass is 28.3. The van der Waals surface area contributed by atoms with Crippen molar-refractivity contribution >= 4 is 13.6 Å². The molecular formula is C14H26N2Si. The van der Waals surface area contributed by atoms with Gasteiger partial charge in [-0.25, -0.2) is 0 Å². The van der Waals surface area contributed by atoms with Gasteiger partial charge in [0, 0.05) is 0 Å². The van der Waals surface area contributed by atoms with Gasteiger partial charge in [-0.3, -0.25) is 0 Å². The zero-order valence-electron chi connectivity index (χ0n) is 11.9. The summed E-state index contributed by atoms with van der Waals surface area (Å²) in [5, 5.41) is 1.52. The van der Waals surface area contributed by atoms with E-state index in [9.17, 15) is 0 Å². The Morgan fingerprint density at radius 1 is 0.941 bits per heavy atom. The minimum atomic E-state index is -1.69. The molecule has 0 heterocycles. The van der Waals surface area contributed by atoms with Crippen LogP contribution in [0, 0.1) is 0 Å². The van der Waals surface area contributed by atoms with Gasteiger partial charge in [-0.05, 0) is 38.4 Å². The second kappa shape index (κ2) is 6.33. The van der Waals surface area contributed by atoms with Gasteiger partial charge >= 0.3 is 0 Å². The van der Waals surface area contributed by atoms with Gasteiger partial charge in [0.25, 0.3) is 0 Å². The van der Waals surface area contributed by atoms with Crippen molar-refractivity contribution in [2.24, 2.45) is 0 Å². The van der Waals surface area contributed by atoms with Gasteiger partial charge in [0.15, 0.2) is 0 Å². The molecule has 17 heavy (non-hydrogen) atoms. The molecule has 0 aromatic heterocycles. The Kier molecular flexibility index (Phi) is 5.37. The van der Waals surface area contributed by atoms with Crippen LogP contribution in [0.25, 0.3) is 0 Å². The molecule has 0 saturated carbocycles. The van der Waals surface area contributed by atoms with Crippen LogP contribution in [-0.4, -0.2) is 44.7 Å². The van der Waals surface area contributed by atoms with E-state index in [0.29, 0.717) is 0 Å². The largest absolute Gasteiger partial charge is 0.314 e. The maximum absolute atomic E-state index is 2.67. The topological polar surface area (TPSA) is 6.48 Å². The first-order chi connectivity index (χ1) is 8.13. The number of hydrogen-bond acceptors (Lipinski definition) is 2. The minimum Gasteiger partial charge on any atom is -0.314 e. The van der Waals surface area contributed by atoms with E-state index in [4.69, 9.17) is 0 Å². The van der Waals surface area contributed by atoms with Crippen molar-refractivity contribution in [1.82, 2.24) is 9.13 Å². The second-order valence-electron chi connectivity index (χ2n) is 4.60. The van der Waals surface area contributed by atoms with Crippen LogP contribution in [0.2, 0.25) is 6.04 Å². The molecule has 3 heteroatoms. The number of benzene rings is 1. The highest BCUT2D eigenvalue weighted by molar-refractivity contribution is 6.87. The molecule has 2 nitrogen and oxygen atoms in total. The van der Waals surface area contributed by atoms with Gasteiger partial charge in [0.2, 0.25) is 8.40 Å². The summed E-state index contributed by atoms with van der Waals surface area (Å²) in [7, 11) is 2.79. The van der Waals surface area contributed by atoms with Crippen LogP contribution >= 0.6 is 0 Å². The molecule has 0 fully saturated rings. The van der Waals surface area contributed by atoms with Crippen molar-refractivity contribution in [3.63, 3.8) is 0 Å². The molecule has 1 atom stereocenters. The first-order valence-corrected chi connectivity index (χ1v) is 8.71. The van der Waals surface area contributed by atoms with E-state index in [1.165, 1.54) is 11.2 Å². The molecule has 0 aliphatic rings. The van der Waals surface area contributed by atoms with Crippen LogP contribution in [0.4, 0.5) is 0 Å². The molecule has 0 aliphatic carbocycles. The van der Waals surface area contributed by atoms with Gasteiger partial charge < -0.3 is 9.13 Å². The van der Waals surface area contributed by atoms with Gasteiger partial charge in [0.1, 0.15) is 0 Å². The van der Waals surface area contributed by atoms with Crippen LogP contribution in [0.15, 0.2) is 30.3 Å². The number of nitrogens with zero attached hydrogens (tertiary/aromatic N) is 2. The summed E-state index contributed by atoms with van der Waals surface area (Å²) >= 11 is 0. The van der Waals surface area contributed by atoms with Gasteiger partial charge in [-0.15, -0.1) is 0 Å². The Morgan fingerprint density at radius 3 is 1.82 bits per heavy atom. The van der Waals surface area contributed by atoms with Gasteiger partial charge in [-0.1, -0.05) is 51.1 Å². The molecule has 1 rings (SSSR count). The smallest absolute Gasteiger partial charge is 0.239 e. The summed E-state index contributed by atoms with van der Waals surface area (Å²) in [6.45, 7) is 9.13. The SMILES string of the molecule is CCN(CC)[Si](CC)(c1ccccc1)N(C)C. The van der Waals surface area contributed by atoms with E-state index in [2.05, 4.69) is 74.3 Å². The predicted molar refractivity (Wildman–Crippen MR) is 78.9 cm³/mol. The van der Waals surface area contributed by atoms with Crippen LogP contribution in [0.5, 0.6) is 0 Å². The molecule has 1 aromatic carbocycles. The number of hydrogen-bond donors (Lipinski definition) is 0. The molecule has 1 aromatic rings. The Balaban J connectivity index is 3.27. The first-order valence-electron chi connectivity index (χ1n) is 6.61. The summed E-state index contributed by atoms with van der Waals surface area (Å²) in [4.78, 5) is 0. The van der Waals surface area contributed by atoms with Gasteiger partial charge in [-0.2, -0.15) is 0 Å². The van der Waals surface area contributed by atoms with Crippen LogP contribution in [0.3, 0.4) is 0 Å². The molecule has 0 amide bonds. The molecule has 1 unspecified atom stereocenters. The third-order valence-electron chi connectivity index (χ3n) is 3.76. The fourth-order valence-corrected chi connectivity index (χ4v) is 7.63. The monoisotopic (exact) mass is 250 g/mol. The first kappa shape index (κ1) is 14.4. The maximum Gasteiger partial charge on any atom is 0.239 e.